The minimum atomic E-state index is -0.185. The number of carbonyl (C=O) groups is 2. The molecule has 28 heavy (non-hydrogen) atoms. The van der Waals surface area contributed by atoms with Crippen LogP contribution in [0.2, 0.25) is 0 Å². The van der Waals surface area contributed by atoms with E-state index >= 15 is 0 Å². The summed E-state index contributed by atoms with van der Waals surface area (Å²) in [6, 6.07) is 16.3. The topological polar surface area (TPSA) is 75.4 Å². The normalized spacial score (nSPS) is 15.3. The third kappa shape index (κ3) is 5.92. The van der Waals surface area contributed by atoms with Crippen molar-refractivity contribution >= 4 is 17.5 Å². The van der Waals surface area contributed by atoms with Gasteiger partial charge in [-0.2, -0.15) is 0 Å². The molecule has 5 heteroatoms. The summed E-state index contributed by atoms with van der Waals surface area (Å²) in [6.07, 6.45) is 2.85. The standard InChI is InChI=1S/C23H29N3O2/c1-17-5-7-18(8-6-17)9-10-22(27)25-21-4-2-3-19(15-21)16-26-13-11-20(12-14-26)23(24)28/h2-8,15,20H,9-14,16H2,1H3,(H2,24,28)(H,25,27). The van der Waals surface area contributed by atoms with Crippen LogP contribution in [0.25, 0.3) is 0 Å². The predicted octanol–water partition coefficient (Wildman–Crippen LogP) is 3.26. The number of amides is 2. The molecule has 0 spiro atoms. The number of primary amides is 1. The van der Waals surface area contributed by atoms with Crippen LogP contribution in [0, 0.1) is 12.8 Å². The fraction of sp³-hybridized carbons (Fsp3) is 0.391. The van der Waals surface area contributed by atoms with Crippen LogP contribution in [-0.4, -0.2) is 29.8 Å². The number of anilines is 1. The van der Waals surface area contributed by atoms with E-state index in [0.29, 0.717) is 6.42 Å². The minimum Gasteiger partial charge on any atom is -0.369 e. The fourth-order valence-electron chi connectivity index (χ4n) is 3.62. The second-order valence-electron chi connectivity index (χ2n) is 7.69. The van der Waals surface area contributed by atoms with Crippen LogP contribution in [0.15, 0.2) is 48.5 Å². The molecule has 0 aliphatic carbocycles. The fourth-order valence-corrected chi connectivity index (χ4v) is 3.62. The van der Waals surface area contributed by atoms with E-state index in [-0.39, 0.29) is 17.7 Å². The van der Waals surface area contributed by atoms with Crippen molar-refractivity contribution in [2.24, 2.45) is 11.7 Å². The van der Waals surface area contributed by atoms with Gasteiger partial charge in [0.1, 0.15) is 0 Å². The molecule has 2 aromatic rings. The third-order valence-electron chi connectivity index (χ3n) is 5.37. The third-order valence-corrected chi connectivity index (χ3v) is 5.37. The Morgan fingerprint density at radius 1 is 1.07 bits per heavy atom. The highest BCUT2D eigenvalue weighted by Gasteiger charge is 2.22. The highest BCUT2D eigenvalue weighted by atomic mass is 16.2. The number of rotatable bonds is 7. The molecule has 1 aliphatic rings. The van der Waals surface area contributed by atoms with Crippen LogP contribution in [0.5, 0.6) is 0 Å². The number of benzene rings is 2. The molecule has 0 bridgehead atoms. The van der Waals surface area contributed by atoms with Gasteiger partial charge in [-0.25, -0.2) is 0 Å². The molecule has 1 heterocycles. The monoisotopic (exact) mass is 379 g/mol. The number of carbonyl (C=O) groups excluding carboxylic acids is 2. The van der Waals surface area contributed by atoms with Gasteiger partial charge in [-0.3, -0.25) is 14.5 Å². The van der Waals surface area contributed by atoms with Gasteiger partial charge >= 0.3 is 0 Å². The summed E-state index contributed by atoms with van der Waals surface area (Å²) in [4.78, 5) is 25.9. The predicted molar refractivity (Wildman–Crippen MR) is 112 cm³/mol. The van der Waals surface area contributed by atoms with Gasteiger partial charge in [0, 0.05) is 24.6 Å². The Morgan fingerprint density at radius 2 is 1.79 bits per heavy atom. The van der Waals surface area contributed by atoms with E-state index in [1.165, 1.54) is 11.1 Å². The minimum absolute atomic E-state index is 0.00963. The SMILES string of the molecule is Cc1ccc(CCC(=O)Nc2cccc(CN3CCC(C(N)=O)CC3)c2)cc1. The van der Waals surface area contributed by atoms with Crippen LogP contribution in [0.3, 0.4) is 0 Å². The lowest BCUT2D eigenvalue weighted by atomic mass is 9.96. The van der Waals surface area contributed by atoms with Gasteiger partial charge in [-0.1, -0.05) is 42.0 Å². The average Bonchev–Trinajstić information content (AvgIpc) is 2.68. The first-order valence-corrected chi connectivity index (χ1v) is 9.95. The molecule has 2 amide bonds. The number of likely N-dealkylation sites (tertiary alicyclic amines) is 1. The van der Waals surface area contributed by atoms with Crippen LogP contribution >= 0.6 is 0 Å². The molecular formula is C23H29N3O2. The summed E-state index contributed by atoms with van der Waals surface area (Å²) >= 11 is 0. The van der Waals surface area contributed by atoms with Gasteiger partial charge in [0.2, 0.25) is 11.8 Å². The zero-order valence-electron chi connectivity index (χ0n) is 16.5. The lowest BCUT2D eigenvalue weighted by molar-refractivity contribution is -0.123. The van der Waals surface area contributed by atoms with E-state index in [4.69, 9.17) is 5.73 Å². The second-order valence-corrected chi connectivity index (χ2v) is 7.69. The van der Waals surface area contributed by atoms with Crippen LogP contribution in [-0.2, 0) is 22.6 Å². The number of nitrogens with one attached hydrogen (secondary N) is 1. The number of piperidine rings is 1. The molecule has 0 radical (unpaired) electrons. The van der Waals surface area contributed by atoms with Crippen molar-refractivity contribution in [1.29, 1.82) is 0 Å². The van der Waals surface area contributed by atoms with Gasteiger partial charge in [-0.05, 0) is 62.5 Å². The quantitative estimate of drug-likeness (QED) is 0.775. The Morgan fingerprint density at radius 3 is 2.46 bits per heavy atom. The molecule has 0 atom stereocenters. The summed E-state index contributed by atoms with van der Waals surface area (Å²) in [6.45, 7) is 4.63. The van der Waals surface area contributed by atoms with E-state index < -0.39 is 0 Å². The molecule has 0 aromatic heterocycles. The number of hydrogen-bond donors (Lipinski definition) is 2. The van der Waals surface area contributed by atoms with Gasteiger partial charge in [0.05, 0.1) is 0 Å². The number of hydrogen-bond acceptors (Lipinski definition) is 3. The molecule has 3 rings (SSSR count). The van der Waals surface area contributed by atoms with Gasteiger partial charge < -0.3 is 11.1 Å². The largest absolute Gasteiger partial charge is 0.369 e. The zero-order chi connectivity index (χ0) is 19.9. The van der Waals surface area contributed by atoms with Crippen molar-refractivity contribution in [2.75, 3.05) is 18.4 Å². The van der Waals surface area contributed by atoms with E-state index in [1.807, 2.05) is 18.2 Å². The Kier molecular flexibility index (Phi) is 6.82. The molecule has 3 N–H and O–H groups in total. The van der Waals surface area contributed by atoms with Crippen molar-refractivity contribution in [2.45, 2.75) is 39.2 Å². The van der Waals surface area contributed by atoms with Crippen LogP contribution in [0.4, 0.5) is 5.69 Å². The van der Waals surface area contributed by atoms with Crippen LogP contribution < -0.4 is 11.1 Å². The van der Waals surface area contributed by atoms with Crippen molar-refractivity contribution in [3.8, 4) is 0 Å². The van der Waals surface area contributed by atoms with Crippen molar-refractivity contribution in [1.82, 2.24) is 4.90 Å². The second kappa shape index (κ2) is 9.51. The lowest BCUT2D eigenvalue weighted by Crippen LogP contribution is -2.38. The first-order chi connectivity index (χ1) is 13.5. The molecule has 1 fully saturated rings. The Bertz CT molecular complexity index is 809. The lowest BCUT2D eigenvalue weighted by Gasteiger charge is -2.30. The maximum Gasteiger partial charge on any atom is 0.224 e. The molecule has 2 aromatic carbocycles. The molecular weight excluding hydrogens is 350 g/mol. The Balaban J connectivity index is 1.48. The maximum absolute atomic E-state index is 12.3. The average molecular weight is 380 g/mol. The van der Waals surface area contributed by atoms with Crippen molar-refractivity contribution in [3.05, 3.63) is 65.2 Å². The maximum atomic E-state index is 12.3. The zero-order valence-corrected chi connectivity index (χ0v) is 16.5. The smallest absolute Gasteiger partial charge is 0.224 e. The number of nitrogens with zero attached hydrogens (tertiary/aromatic N) is 1. The van der Waals surface area contributed by atoms with E-state index in [0.717, 1.165) is 50.1 Å². The van der Waals surface area contributed by atoms with Gasteiger partial charge in [0.25, 0.3) is 0 Å². The number of nitrogens with two attached hydrogens (primary N) is 1. The molecule has 0 unspecified atom stereocenters. The van der Waals surface area contributed by atoms with E-state index in [2.05, 4.69) is 47.5 Å². The molecule has 1 aliphatic heterocycles. The van der Waals surface area contributed by atoms with E-state index in [9.17, 15) is 9.59 Å². The summed E-state index contributed by atoms with van der Waals surface area (Å²) in [5.74, 6) is -0.148. The van der Waals surface area contributed by atoms with Crippen molar-refractivity contribution in [3.63, 3.8) is 0 Å². The summed E-state index contributed by atoms with van der Waals surface area (Å²) in [5, 5.41) is 3.00. The van der Waals surface area contributed by atoms with E-state index in [1.54, 1.807) is 0 Å². The van der Waals surface area contributed by atoms with Crippen LogP contribution in [0.1, 0.15) is 36.0 Å². The first kappa shape index (κ1) is 20.1. The highest BCUT2D eigenvalue weighted by molar-refractivity contribution is 5.90. The highest BCUT2D eigenvalue weighted by Crippen LogP contribution is 2.20. The number of aryl methyl sites for hydroxylation is 2. The molecule has 5 nitrogen and oxygen atoms in total. The van der Waals surface area contributed by atoms with Gasteiger partial charge in [-0.15, -0.1) is 0 Å². The summed E-state index contributed by atoms with van der Waals surface area (Å²) in [7, 11) is 0. The van der Waals surface area contributed by atoms with Gasteiger partial charge in [0.15, 0.2) is 0 Å². The molecule has 0 saturated carbocycles. The summed E-state index contributed by atoms with van der Waals surface area (Å²) in [5.41, 5.74) is 9.80. The first-order valence-electron chi connectivity index (χ1n) is 9.95. The Labute approximate surface area is 166 Å². The molecule has 1 saturated heterocycles. The Hall–Kier alpha value is -2.66. The van der Waals surface area contributed by atoms with Crippen molar-refractivity contribution < 1.29 is 9.59 Å². The summed E-state index contributed by atoms with van der Waals surface area (Å²) < 4.78 is 0. The molecule has 148 valence electrons.